The van der Waals surface area contributed by atoms with E-state index < -0.39 is 23.5 Å². The van der Waals surface area contributed by atoms with E-state index in [0.29, 0.717) is 11.1 Å². The van der Waals surface area contributed by atoms with Crippen LogP contribution in [0.5, 0.6) is 5.75 Å². The summed E-state index contributed by atoms with van der Waals surface area (Å²) in [5.41, 5.74) is 1.05. The number of aliphatic hydroxyl groups is 1. The summed E-state index contributed by atoms with van der Waals surface area (Å²) in [7, 11) is 0. The summed E-state index contributed by atoms with van der Waals surface area (Å²) in [6.07, 6.45) is 3.07. The highest BCUT2D eigenvalue weighted by molar-refractivity contribution is 6.21. The number of aliphatic hydroxyl groups excluding tert-OH is 1. The van der Waals surface area contributed by atoms with Crippen molar-refractivity contribution >= 4 is 28.3 Å². The predicted octanol–water partition coefficient (Wildman–Crippen LogP) is 4.32. The lowest BCUT2D eigenvalue weighted by molar-refractivity contribution is -0.117. The SMILES string of the molecule is O=C(C1=C(O)C(=O)N(c2ccccc2O)C1c1cccnc1)c1cc2ccccc2o1. The van der Waals surface area contributed by atoms with Crippen LogP contribution in [0.15, 0.2) is 94.9 Å². The van der Waals surface area contributed by atoms with E-state index in [1.54, 1.807) is 60.8 Å². The number of ketones is 1. The van der Waals surface area contributed by atoms with Gasteiger partial charge in [-0.05, 0) is 35.9 Å². The van der Waals surface area contributed by atoms with E-state index in [0.717, 1.165) is 5.39 Å². The zero-order chi connectivity index (χ0) is 21.5. The summed E-state index contributed by atoms with van der Waals surface area (Å²) < 4.78 is 5.69. The molecule has 2 aromatic carbocycles. The number of hydrogen-bond acceptors (Lipinski definition) is 6. The molecule has 31 heavy (non-hydrogen) atoms. The number of aromatic nitrogens is 1. The first-order valence-corrected chi connectivity index (χ1v) is 9.54. The number of pyridine rings is 1. The molecule has 1 aliphatic heterocycles. The number of nitrogens with zero attached hydrogens (tertiary/aromatic N) is 2. The van der Waals surface area contributed by atoms with Gasteiger partial charge in [-0.15, -0.1) is 0 Å². The highest BCUT2D eigenvalue weighted by atomic mass is 16.3. The lowest BCUT2D eigenvalue weighted by Gasteiger charge is -2.27. The molecule has 2 aromatic heterocycles. The van der Waals surface area contributed by atoms with E-state index in [4.69, 9.17) is 4.42 Å². The fourth-order valence-electron chi connectivity index (χ4n) is 3.83. The Morgan fingerprint density at radius 1 is 1.00 bits per heavy atom. The van der Waals surface area contributed by atoms with Gasteiger partial charge in [-0.2, -0.15) is 0 Å². The van der Waals surface area contributed by atoms with Crippen LogP contribution in [-0.2, 0) is 4.79 Å². The van der Waals surface area contributed by atoms with Crippen molar-refractivity contribution in [1.82, 2.24) is 4.98 Å². The van der Waals surface area contributed by atoms with Gasteiger partial charge in [0.15, 0.2) is 11.5 Å². The van der Waals surface area contributed by atoms with Gasteiger partial charge in [0, 0.05) is 17.8 Å². The van der Waals surface area contributed by atoms with Crippen LogP contribution in [0, 0.1) is 0 Å². The molecule has 0 radical (unpaired) electrons. The second-order valence-corrected chi connectivity index (χ2v) is 7.09. The molecule has 2 N–H and O–H groups in total. The fourth-order valence-corrected chi connectivity index (χ4v) is 3.83. The number of phenolic OH excluding ortho intramolecular Hbond substituents is 1. The number of para-hydroxylation sites is 3. The lowest BCUT2D eigenvalue weighted by Crippen LogP contribution is -2.31. The standard InChI is InChI=1S/C24H16N2O5/c27-17-9-3-2-8-16(17)26-21(15-7-5-11-25-13-15)20(23(29)24(26)30)22(28)19-12-14-6-1-4-10-18(14)31-19/h1-13,21,27,29H. The number of carbonyl (C=O) groups excluding carboxylic acids is 2. The number of benzene rings is 2. The van der Waals surface area contributed by atoms with Crippen LogP contribution in [0.4, 0.5) is 5.69 Å². The molecule has 7 heteroatoms. The van der Waals surface area contributed by atoms with Crippen molar-refractivity contribution in [2.75, 3.05) is 4.90 Å². The van der Waals surface area contributed by atoms with Crippen molar-refractivity contribution < 1.29 is 24.2 Å². The molecule has 1 atom stereocenters. The third kappa shape index (κ3) is 2.95. The molecule has 0 bridgehead atoms. The molecule has 1 amide bonds. The number of rotatable bonds is 4. The topological polar surface area (TPSA) is 104 Å². The van der Waals surface area contributed by atoms with Gasteiger partial charge in [-0.25, -0.2) is 0 Å². The van der Waals surface area contributed by atoms with Crippen molar-refractivity contribution in [3.05, 3.63) is 102 Å². The highest BCUT2D eigenvalue weighted by Crippen LogP contribution is 2.44. The van der Waals surface area contributed by atoms with Crippen molar-refractivity contribution in [2.24, 2.45) is 0 Å². The number of Topliss-reactive ketones (excluding diaryl/α,β-unsaturated/α-hetero) is 1. The predicted molar refractivity (Wildman–Crippen MR) is 113 cm³/mol. The van der Waals surface area contributed by atoms with E-state index in [-0.39, 0.29) is 22.8 Å². The first kappa shape index (κ1) is 18.6. The normalized spacial score (nSPS) is 16.3. The summed E-state index contributed by atoms with van der Waals surface area (Å²) >= 11 is 0. The van der Waals surface area contributed by atoms with Gasteiger partial charge in [0.25, 0.3) is 5.91 Å². The Morgan fingerprint density at radius 3 is 2.52 bits per heavy atom. The Morgan fingerprint density at radius 2 is 1.77 bits per heavy atom. The second kappa shape index (κ2) is 7.14. The first-order chi connectivity index (χ1) is 15.1. The number of hydrogen-bond donors (Lipinski definition) is 2. The minimum Gasteiger partial charge on any atom is -0.506 e. The van der Waals surface area contributed by atoms with Gasteiger partial charge in [0.2, 0.25) is 5.78 Å². The summed E-state index contributed by atoms with van der Waals surface area (Å²) in [6, 6.07) is 17.3. The fraction of sp³-hybridized carbons (Fsp3) is 0.0417. The third-order valence-electron chi connectivity index (χ3n) is 5.24. The summed E-state index contributed by atoms with van der Waals surface area (Å²) in [4.78, 5) is 31.8. The highest BCUT2D eigenvalue weighted by Gasteiger charge is 2.46. The summed E-state index contributed by atoms with van der Waals surface area (Å²) in [5.74, 6) is -2.26. The van der Waals surface area contributed by atoms with Gasteiger partial charge >= 0.3 is 0 Å². The van der Waals surface area contributed by atoms with E-state index in [1.165, 1.54) is 17.2 Å². The Labute approximate surface area is 176 Å². The first-order valence-electron chi connectivity index (χ1n) is 9.54. The van der Waals surface area contributed by atoms with Crippen molar-refractivity contribution in [2.45, 2.75) is 6.04 Å². The summed E-state index contributed by atoms with van der Waals surface area (Å²) in [6.45, 7) is 0. The number of phenols is 1. The number of amides is 1. The minimum absolute atomic E-state index is 0.00331. The van der Waals surface area contributed by atoms with Crippen LogP contribution < -0.4 is 4.90 Å². The van der Waals surface area contributed by atoms with Gasteiger partial charge in [0.1, 0.15) is 11.3 Å². The van der Waals surface area contributed by atoms with Crippen LogP contribution in [0.25, 0.3) is 11.0 Å². The lowest BCUT2D eigenvalue weighted by atomic mass is 9.96. The minimum atomic E-state index is -0.991. The number of fused-ring (bicyclic) bond motifs is 1. The molecule has 3 heterocycles. The number of aromatic hydroxyl groups is 1. The molecule has 0 fully saturated rings. The third-order valence-corrected chi connectivity index (χ3v) is 5.24. The van der Waals surface area contributed by atoms with Crippen LogP contribution in [-0.4, -0.2) is 26.9 Å². The van der Waals surface area contributed by atoms with E-state index >= 15 is 0 Å². The maximum atomic E-state index is 13.4. The van der Waals surface area contributed by atoms with E-state index in [9.17, 15) is 19.8 Å². The molecule has 0 saturated heterocycles. The molecular formula is C24H16N2O5. The monoisotopic (exact) mass is 412 g/mol. The Hall–Kier alpha value is -4.39. The molecule has 0 saturated carbocycles. The molecule has 1 aliphatic rings. The maximum absolute atomic E-state index is 13.4. The van der Waals surface area contributed by atoms with E-state index in [2.05, 4.69) is 4.98 Å². The second-order valence-electron chi connectivity index (χ2n) is 7.09. The quantitative estimate of drug-likeness (QED) is 0.484. The maximum Gasteiger partial charge on any atom is 0.294 e. The molecular weight excluding hydrogens is 396 g/mol. The Balaban J connectivity index is 1.68. The molecule has 0 spiro atoms. The van der Waals surface area contributed by atoms with Gasteiger partial charge in [-0.3, -0.25) is 19.5 Å². The van der Waals surface area contributed by atoms with Crippen LogP contribution in [0.1, 0.15) is 22.2 Å². The smallest absolute Gasteiger partial charge is 0.294 e. The zero-order valence-corrected chi connectivity index (χ0v) is 16.1. The Bertz CT molecular complexity index is 1320. The van der Waals surface area contributed by atoms with Crippen molar-refractivity contribution in [1.29, 1.82) is 0 Å². The molecule has 1 unspecified atom stereocenters. The van der Waals surface area contributed by atoms with E-state index in [1.807, 2.05) is 6.07 Å². The van der Waals surface area contributed by atoms with Crippen molar-refractivity contribution in [3.8, 4) is 5.75 Å². The van der Waals surface area contributed by atoms with Gasteiger partial charge in [-0.1, -0.05) is 36.4 Å². The Kier molecular flexibility index (Phi) is 4.29. The van der Waals surface area contributed by atoms with Gasteiger partial charge in [0.05, 0.1) is 17.3 Å². The summed E-state index contributed by atoms with van der Waals surface area (Å²) in [5, 5.41) is 21.8. The largest absolute Gasteiger partial charge is 0.506 e. The zero-order valence-electron chi connectivity index (χ0n) is 16.1. The van der Waals surface area contributed by atoms with Crippen LogP contribution >= 0.6 is 0 Å². The molecule has 152 valence electrons. The molecule has 5 rings (SSSR count). The average molecular weight is 412 g/mol. The number of furan rings is 1. The molecule has 4 aromatic rings. The number of anilines is 1. The van der Waals surface area contributed by atoms with Crippen LogP contribution in [0.2, 0.25) is 0 Å². The van der Waals surface area contributed by atoms with Gasteiger partial charge < -0.3 is 14.6 Å². The number of carbonyl (C=O) groups is 2. The molecule has 0 aliphatic carbocycles. The van der Waals surface area contributed by atoms with Crippen LogP contribution in [0.3, 0.4) is 0 Å². The van der Waals surface area contributed by atoms with Crippen molar-refractivity contribution in [3.63, 3.8) is 0 Å². The molecule has 7 nitrogen and oxygen atoms in total. The average Bonchev–Trinajstić information content (AvgIpc) is 3.34.